The predicted molar refractivity (Wildman–Crippen MR) is 89.1 cm³/mol. The normalized spacial score (nSPS) is 10.1. The van der Waals surface area contributed by atoms with E-state index in [2.05, 4.69) is 5.32 Å². The maximum Gasteiger partial charge on any atom is 0.142 e. The minimum atomic E-state index is 0.630. The number of hydrogen-bond donors (Lipinski definition) is 1. The van der Waals surface area contributed by atoms with E-state index in [9.17, 15) is 0 Å². The minimum Gasteiger partial charge on any atom is -0.497 e. The molecular weight excluding hydrogens is 278 g/mol. The summed E-state index contributed by atoms with van der Waals surface area (Å²) in [5.74, 6) is 2.53. The van der Waals surface area contributed by atoms with Crippen molar-refractivity contribution < 1.29 is 14.2 Å². The number of nitrogens with one attached hydrogen (secondary N) is 1. The largest absolute Gasteiger partial charge is 0.497 e. The van der Waals surface area contributed by atoms with Crippen LogP contribution >= 0.6 is 0 Å². The van der Waals surface area contributed by atoms with E-state index in [-0.39, 0.29) is 0 Å². The van der Waals surface area contributed by atoms with Crippen LogP contribution in [0.4, 0.5) is 5.69 Å². The van der Waals surface area contributed by atoms with Crippen LogP contribution in [0, 0.1) is 0 Å². The third-order valence-corrected chi connectivity index (χ3v) is 3.20. The molecule has 0 atom stereocenters. The minimum absolute atomic E-state index is 0.630. The third-order valence-electron chi connectivity index (χ3n) is 3.20. The first-order valence-electron chi connectivity index (χ1n) is 7.53. The summed E-state index contributed by atoms with van der Waals surface area (Å²) in [5.41, 5.74) is 2.11. The van der Waals surface area contributed by atoms with Crippen LogP contribution in [-0.4, -0.2) is 20.3 Å². The van der Waals surface area contributed by atoms with Gasteiger partial charge in [-0.15, -0.1) is 0 Å². The Hall–Kier alpha value is -2.36. The van der Waals surface area contributed by atoms with Crippen molar-refractivity contribution in [1.29, 1.82) is 0 Å². The van der Waals surface area contributed by atoms with Crippen molar-refractivity contribution in [2.24, 2.45) is 0 Å². The molecule has 0 heterocycles. The number of ether oxygens (including phenoxy) is 3. The second kappa shape index (κ2) is 8.17. The number of anilines is 1. The van der Waals surface area contributed by atoms with Crippen molar-refractivity contribution in [3.8, 4) is 17.2 Å². The van der Waals surface area contributed by atoms with E-state index in [4.69, 9.17) is 14.2 Å². The zero-order valence-corrected chi connectivity index (χ0v) is 13.4. The van der Waals surface area contributed by atoms with Crippen LogP contribution in [0.15, 0.2) is 42.5 Å². The van der Waals surface area contributed by atoms with Gasteiger partial charge < -0.3 is 19.5 Å². The maximum absolute atomic E-state index is 5.66. The van der Waals surface area contributed by atoms with Gasteiger partial charge in [0.05, 0.1) is 26.0 Å². The van der Waals surface area contributed by atoms with Crippen molar-refractivity contribution in [1.82, 2.24) is 0 Å². The molecule has 4 nitrogen and oxygen atoms in total. The number of hydrogen-bond acceptors (Lipinski definition) is 4. The van der Waals surface area contributed by atoms with Crippen LogP contribution < -0.4 is 19.5 Å². The molecule has 0 aromatic heterocycles. The SMILES string of the molecule is CCOc1ccc(OCC)c(NCc2ccc(OC)cc2)c1. The zero-order valence-electron chi connectivity index (χ0n) is 13.4. The summed E-state index contributed by atoms with van der Waals surface area (Å²) in [4.78, 5) is 0. The van der Waals surface area contributed by atoms with Crippen molar-refractivity contribution in [3.63, 3.8) is 0 Å². The smallest absolute Gasteiger partial charge is 0.142 e. The van der Waals surface area contributed by atoms with Gasteiger partial charge in [0.25, 0.3) is 0 Å². The summed E-state index contributed by atoms with van der Waals surface area (Å²) in [6, 6.07) is 13.8. The van der Waals surface area contributed by atoms with Gasteiger partial charge in [0.15, 0.2) is 0 Å². The first-order chi connectivity index (χ1) is 10.8. The lowest BCUT2D eigenvalue weighted by molar-refractivity contribution is 0.332. The molecule has 0 spiro atoms. The lowest BCUT2D eigenvalue weighted by Gasteiger charge is -2.14. The van der Waals surface area contributed by atoms with Crippen molar-refractivity contribution >= 4 is 5.69 Å². The zero-order chi connectivity index (χ0) is 15.8. The highest BCUT2D eigenvalue weighted by Crippen LogP contribution is 2.30. The van der Waals surface area contributed by atoms with Crippen LogP contribution in [0.3, 0.4) is 0 Å². The van der Waals surface area contributed by atoms with Gasteiger partial charge in [-0.05, 0) is 43.7 Å². The summed E-state index contributed by atoms with van der Waals surface area (Å²) >= 11 is 0. The summed E-state index contributed by atoms with van der Waals surface area (Å²) in [6.07, 6.45) is 0. The van der Waals surface area contributed by atoms with E-state index >= 15 is 0 Å². The van der Waals surface area contributed by atoms with Gasteiger partial charge >= 0.3 is 0 Å². The Labute approximate surface area is 132 Å². The second-order valence-corrected chi connectivity index (χ2v) is 4.73. The van der Waals surface area contributed by atoms with Crippen LogP contribution in [0.2, 0.25) is 0 Å². The van der Waals surface area contributed by atoms with Crippen LogP contribution in [-0.2, 0) is 6.54 Å². The van der Waals surface area contributed by atoms with Crippen molar-refractivity contribution in [3.05, 3.63) is 48.0 Å². The average molecular weight is 301 g/mol. The fourth-order valence-corrected chi connectivity index (χ4v) is 2.13. The van der Waals surface area contributed by atoms with E-state index in [1.54, 1.807) is 7.11 Å². The molecule has 0 unspecified atom stereocenters. The number of methoxy groups -OCH3 is 1. The highest BCUT2D eigenvalue weighted by molar-refractivity contribution is 5.60. The molecule has 118 valence electrons. The summed E-state index contributed by atoms with van der Waals surface area (Å²) in [6.45, 7) is 5.93. The molecule has 22 heavy (non-hydrogen) atoms. The topological polar surface area (TPSA) is 39.7 Å². The number of benzene rings is 2. The monoisotopic (exact) mass is 301 g/mol. The molecule has 0 aliphatic carbocycles. The molecule has 0 saturated heterocycles. The molecule has 2 aromatic carbocycles. The van der Waals surface area contributed by atoms with Gasteiger partial charge in [-0.25, -0.2) is 0 Å². The Morgan fingerprint density at radius 3 is 2.18 bits per heavy atom. The summed E-state index contributed by atoms with van der Waals surface area (Å²) in [7, 11) is 1.67. The third kappa shape index (κ3) is 4.32. The highest BCUT2D eigenvalue weighted by atomic mass is 16.5. The molecule has 0 amide bonds. The van der Waals surface area contributed by atoms with E-state index in [1.807, 2.05) is 56.3 Å². The van der Waals surface area contributed by atoms with Gasteiger partial charge in [-0.1, -0.05) is 12.1 Å². The molecule has 4 heteroatoms. The Bertz CT molecular complexity index is 581. The van der Waals surface area contributed by atoms with Gasteiger partial charge in [-0.2, -0.15) is 0 Å². The van der Waals surface area contributed by atoms with Gasteiger partial charge in [0.1, 0.15) is 17.2 Å². The average Bonchev–Trinajstić information content (AvgIpc) is 2.56. The van der Waals surface area contributed by atoms with Gasteiger partial charge in [-0.3, -0.25) is 0 Å². The molecule has 0 aliphatic heterocycles. The molecule has 2 aromatic rings. The van der Waals surface area contributed by atoms with E-state index in [0.29, 0.717) is 19.8 Å². The Balaban J connectivity index is 2.09. The molecule has 0 fully saturated rings. The molecule has 1 N–H and O–H groups in total. The van der Waals surface area contributed by atoms with E-state index in [1.165, 1.54) is 5.56 Å². The Morgan fingerprint density at radius 2 is 1.55 bits per heavy atom. The molecule has 0 aliphatic rings. The lowest BCUT2D eigenvalue weighted by Crippen LogP contribution is -2.03. The Kier molecular flexibility index (Phi) is 5.95. The first kappa shape index (κ1) is 16.0. The van der Waals surface area contributed by atoms with Crippen molar-refractivity contribution in [2.45, 2.75) is 20.4 Å². The van der Waals surface area contributed by atoms with E-state index in [0.717, 1.165) is 22.9 Å². The van der Waals surface area contributed by atoms with Gasteiger partial charge in [0, 0.05) is 12.6 Å². The molecular formula is C18H23NO3. The second-order valence-electron chi connectivity index (χ2n) is 4.73. The van der Waals surface area contributed by atoms with Crippen LogP contribution in [0.1, 0.15) is 19.4 Å². The molecule has 0 bridgehead atoms. The molecule has 0 saturated carbocycles. The van der Waals surface area contributed by atoms with Gasteiger partial charge in [0.2, 0.25) is 0 Å². The fourth-order valence-electron chi connectivity index (χ4n) is 2.13. The standard InChI is InChI=1S/C18H23NO3/c1-4-21-16-10-11-18(22-5-2)17(12-16)19-13-14-6-8-15(20-3)9-7-14/h6-12,19H,4-5,13H2,1-3H3. The first-order valence-corrected chi connectivity index (χ1v) is 7.53. The Morgan fingerprint density at radius 1 is 0.864 bits per heavy atom. The van der Waals surface area contributed by atoms with Crippen LogP contribution in [0.5, 0.6) is 17.2 Å². The summed E-state index contributed by atoms with van der Waals surface area (Å²) in [5, 5.41) is 3.40. The quantitative estimate of drug-likeness (QED) is 0.796. The predicted octanol–water partition coefficient (Wildman–Crippen LogP) is 4.10. The maximum atomic E-state index is 5.66. The van der Waals surface area contributed by atoms with Crippen molar-refractivity contribution in [2.75, 3.05) is 25.6 Å². The number of rotatable bonds is 8. The highest BCUT2D eigenvalue weighted by Gasteiger charge is 2.06. The van der Waals surface area contributed by atoms with Crippen LogP contribution in [0.25, 0.3) is 0 Å². The lowest BCUT2D eigenvalue weighted by atomic mass is 10.2. The molecule has 2 rings (SSSR count). The fraction of sp³-hybridized carbons (Fsp3) is 0.333. The molecule has 0 radical (unpaired) electrons. The van der Waals surface area contributed by atoms with E-state index < -0.39 is 0 Å². The summed E-state index contributed by atoms with van der Waals surface area (Å²) < 4.78 is 16.4.